The molecule has 0 spiro atoms. The number of nitrogens with two attached hydrogens (primary N) is 10. The zero-order valence-corrected chi connectivity index (χ0v) is 48.3. The standard InChI is InChI=1S/C46H91N21O10.C2HF3O2/c1-24(2)22-32(40(74)64-29(14-9-19-58-44(51)52)37(71)62-30(15-10-20-59-45(53)54)38(72)66-33(42(76)77)23-25(3)4)65-41(75)34(26(5)68)67-39(73)31(16-11-21-60-46(55)56)63-36(70)28(13-6-7-17-47)61-35(69)27(48)12-8-18-57-43(49)50;3-2(4,5)1(6)7/h24-34,68H,6-23,47-48H2,1-5H3,(H,61,69)(H,62,71)(H,63,70)(H,64,74)(H,65,75)(H,66,72)(H,67,73)(H,76,77)(H4,49,50,57)(H4,51,52,58)(H4,53,54,59)(H4,55,56,60);(H,6,7)/t26-,27+,28+,29+,30+,31+,32+,33+,34+;/m1./s1. The number of carbonyl (C=O) groups is 9. The summed E-state index contributed by atoms with van der Waals surface area (Å²) in [6.07, 6.45) is -4.90. The minimum Gasteiger partial charge on any atom is -0.480 e. The van der Waals surface area contributed by atoms with Crippen LogP contribution in [0, 0.1) is 11.8 Å². The molecule has 0 aliphatic heterocycles. The Kier molecular flexibility index (Phi) is 38.9. The van der Waals surface area contributed by atoms with Gasteiger partial charge in [0.25, 0.3) is 0 Å². The SMILES string of the molecule is CC(C)C[C@H](NC(=O)[C@H](CCCN=C(N)N)NC(=O)[C@H](CCCN=C(N)N)NC(=O)[C@H](CC(C)C)NC(=O)[C@@H](NC(=O)[C@H](CCCN=C(N)N)NC(=O)[C@H](CCCCN)NC(=O)[C@@H](N)CCCN=C(N)N)[C@@H](C)O)C(=O)O.O=C(O)C(F)(F)F. The van der Waals surface area contributed by atoms with Crippen LogP contribution in [0.2, 0.25) is 0 Å². The van der Waals surface area contributed by atoms with Crippen LogP contribution in [0.3, 0.4) is 0 Å². The zero-order valence-electron chi connectivity index (χ0n) is 48.3. The van der Waals surface area contributed by atoms with Gasteiger partial charge in [0.05, 0.1) is 12.1 Å². The third-order valence-corrected chi connectivity index (χ3v) is 11.6. The molecule has 0 aromatic rings. The van der Waals surface area contributed by atoms with Crippen LogP contribution in [0.1, 0.15) is 118 Å². The van der Waals surface area contributed by atoms with Gasteiger partial charge in [-0.3, -0.25) is 53.5 Å². The van der Waals surface area contributed by atoms with Crippen LogP contribution in [0.15, 0.2) is 20.0 Å². The molecule has 84 heavy (non-hydrogen) atoms. The second-order valence-electron chi connectivity index (χ2n) is 20.2. The summed E-state index contributed by atoms with van der Waals surface area (Å²) >= 11 is 0. The van der Waals surface area contributed by atoms with Crippen molar-refractivity contribution in [3.63, 3.8) is 0 Å². The van der Waals surface area contributed by atoms with Crippen molar-refractivity contribution in [2.75, 3.05) is 32.7 Å². The lowest BCUT2D eigenvalue weighted by Crippen LogP contribution is -2.62. The quantitative estimate of drug-likeness (QED) is 0.0154. The molecule has 9 atom stereocenters. The van der Waals surface area contributed by atoms with E-state index in [1.54, 1.807) is 27.7 Å². The summed E-state index contributed by atoms with van der Waals surface area (Å²) in [5, 5.41) is 45.9. The van der Waals surface area contributed by atoms with E-state index >= 15 is 0 Å². The maximum absolute atomic E-state index is 14.3. The Morgan fingerprint density at radius 1 is 0.429 bits per heavy atom. The molecular weight excluding hydrogens is 1120 g/mol. The highest BCUT2D eigenvalue weighted by Crippen LogP contribution is 2.14. The summed E-state index contributed by atoms with van der Waals surface area (Å²) in [4.78, 5) is 134. The molecule has 30 N–H and O–H groups in total. The predicted molar refractivity (Wildman–Crippen MR) is 306 cm³/mol. The highest BCUT2D eigenvalue weighted by Gasteiger charge is 2.39. The Morgan fingerprint density at radius 3 is 1.02 bits per heavy atom. The number of alkyl halides is 3. The van der Waals surface area contributed by atoms with Gasteiger partial charge >= 0.3 is 18.1 Å². The summed E-state index contributed by atoms with van der Waals surface area (Å²) < 4.78 is 31.7. The fraction of sp³-hybridized carbons (Fsp3) is 0.729. The number of carbonyl (C=O) groups excluding carboxylic acids is 7. The first-order valence-corrected chi connectivity index (χ1v) is 27.0. The number of aliphatic imine (C=N–C) groups is 4. The largest absolute Gasteiger partial charge is 0.490 e. The molecule has 0 bridgehead atoms. The average Bonchev–Trinajstić information content (AvgIpc) is 3.47. The summed E-state index contributed by atoms with van der Waals surface area (Å²) in [6, 6.07) is -10.8. The van der Waals surface area contributed by atoms with E-state index in [1.165, 1.54) is 6.92 Å². The number of hydrogen-bond acceptors (Lipinski definition) is 16. The number of hydrogen-bond donors (Lipinski definition) is 20. The average molecular weight is 1210 g/mol. The molecule has 0 aromatic carbocycles. The highest BCUT2D eigenvalue weighted by atomic mass is 19.4. The molecule has 33 nitrogen and oxygen atoms in total. The van der Waals surface area contributed by atoms with E-state index in [0.29, 0.717) is 25.8 Å². The number of aliphatic carboxylic acids is 2. The Bertz CT molecular complexity index is 2210. The third-order valence-electron chi connectivity index (χ3n) is 11.6. The number of nitrogens with zero attached hydrogens (tertiary/aromatic N) is 4. The molecular formula is C48H92F3N21O12. The van der Waals surface area contributed by atoms with Crippen molar-refractivity contribution in [2.24, 2.45) is 89.1 Å². The van der Waals surface area contributed by atoms with Crippen molar-refractivity contribution < 1.29 is 71.6 Å². The van der Waals surface area contributed by atoms with Crippen LogP contribution in [0.25, 0.3) is 0 Å². The molecule has 0 heterocycles. The molecule has 0 fully saturated rings. The molecule has 0 rings (SSSR count). The van der Waals surface area contributed by atoms with E-state index in [1.807, 2.05) is 0 Å². The van der Waals surface area contributed by atoms with Gasteiger partial charge in [-0.1, -0.05) is 27.7 Å². The van der Waals surface area contributed by atoms with Crippen molar-refractivity contribution in [2.45, 2.75) is 179 Å². The topological polar surface area (TPSA) is 608 Å². The number of aliphatic hydroxyl groups excluding tert-OH is 1. The van der Waals surface area contributed by atoms with E-state index in [9.17, 15) is 61.7 Å². The molecule has 0 radical (unpaired) electrons. The number of unbranched alkanes of at least 4 members (excludes halogenated alkanes) is 1. The maximum Gasteiger partial charge on any atom is 0.490 e. The normalized spacial score (nSPS) is 14.2. The van der Waals surface area contributed by atoms with Crippen molar-refractivity contribution in [3.8, 4) is 0 Å². The van der Waals surface area contributed by atoms with Gasteiger partial charge in [0.2, 0.25) is 41.4 Å². The van der Waals surface area contributed by atoms with Crippen LogP contribution < -0.4 is 94.6 Å². The van der Waals surface area contributed by atoms with Crippen molar-refractivity contribution in [1.82, 2.24) is 37.2 Å². The predicted octanol–water partition coefficient (Wildman–Crippen LogP) is -5.76. The second kappa shape index (κ2) is 41.9. The lowest BCUT2D eigenvalue weighted by molar-refractivity contribution is -0.192. The van der Waals surface area contributed by atoms with Crippen LogP contribution in [-0.4, -0.2) is 186 Å². The van der Waals surface area contributed by atoms with E-state index in [4.69, 9.17) is 67.2 Å². The van der Waals surface area contributed by atoms with Gasteiger partial charge in [0.15, 0.2) is 23.8 Å². The molecule has 0 unspecified atom stereocenters. The number of rotatable bonds is 40. The van der Waals surface area contributed by atoms with Gasteiger partial charge in [0.1, 0.15) is 42.3 Å². The maximum atomic E-state index is 14.3. The van der Waals surface area contributed by atoms with Crippen molar-refractivity contribution in [1.29, 1.82) is 0 Å². The summed E-state index contributed by atoms with van der Waals surface area (Å²) in [7, 11) is 0. The Morgan fingerprint density at radius 2 is 0.714 bits per heavy atom. The van der Waals surface area contributed by atoms with Gasteiger partial charge in [-0.25, -0.2) is 9.59 Å². The zero-order chi connectivity index (χ0) is 64.9. The number of halogens is 3. The summed E-state index contributed by atoms with van der Waals surface area (Å²) in [6.45, 7) is 8.88. The number of amides is 7. The van der Waals surface area contributed by atoms with E-state index in [0.717, 1.165) is 0 Å². The van der Waals surface area contributed by atoms with Crippen LogP contribution in [0.4, 0.5) is 13.2 Å². The number of aliphatic hydroxyl groups is 1. The number of nitrogens with one attached hydrogen (secondary N) is 7. The van der Waals surface area contributed by atoms with Crippen LogP contribution >= 0.6 is 0 Å². The van der Waals surface area contributed by atoms with E-state index < -0.39 is 114 Å². The molecule has 0 aromatic heterocycles. The molecule has 0 aliphatic rings. The van der Waals surface area contributed by atoms with Gasteiger partial charge in [-0.05, 0) is 109 Å². The minimum atomic E-state index is -5.08. The van der Waals surface area contributed by atoms with Crippen LogP contribution in [-0.2, 0) is 43.2 Å². The smallest absolute Gasteiger partial charge is 0.480 e. The molecule has 482 valence electrons. The molecule has 36 heteroatoms. The van der Waals surface area contributed by atoms with Gasteiger partial charge in [0, 0.05) is 26.2 Å². The fourth-order valence-electron chi connectivity index (χ4n) is 7.41. The Hall–Kier alpha value is -8.02. The molecule has 0 saturated heterocycles. The molecule has 0 saturated carbocycles. The summed E-state index contributed by atoms with van der Waals surface area (Å²) in [5.41, 5.74) is 55.4. The second-order valence-corrected chi connectivity index (χ2v) is 20.2. The number of carboxylic acids is 2. The van der Waals surface area contributed by atoms with Crippen molar-refractivity contribution in [3.05, 3.63) is 0 Å². The minimum absolute atomic E-state index is 0.0245. The summed E-state index contributed by atoms with van der Waals surface area (Å²) in [5.74, 6) is -11.2. The van der Waals surface area contributed by atoms with E-state index in [2.05, 4.69) is 57.2 Å². The first kappa shape index (κ1) is 78.0. The van der Waals surface area contributed by atoms with Crippen molar-refractivity contribution >= 4 is 77.1 Å². The Labute approximate surface area is 485 Å². The number of guanidine groups is 4. The molecule has 0 aliphatic carbocycles. The number of carboxylic acid groups (broad SMARTS) is 2. The first-order chi connectivity index (χ1) is 39.0. The molecule has 7 amide bonds. The van der Waals surface area contributed by atoms with Crippen LogP contribution in [0.5, 0.6) is 0 Å². The third kappa shape index (κ3) is 37.2. The first-order valence-electron chi connectivity index (χ1n) is 27.0. The van der Waals surface area contributed by atoms with Gasteiger partial charge in [-0.15, -0.1) is 0 Å². The lowest BCUT2D eigenvalue weighted by Gasteiger charge is -2.29. The Balaban J connectivity index is 0. The van der Waals surface area contributed by atoms with E-state index in [-0.39, 0.29) is 126 Å². The van der Waals surface area contributed by atoms with Gasteiger partial charge < -0.3 is 110 Å². The lowest BCUT2D eigenvalue weighted by atomic mass is 10.0. The van der Waals surface area contributed by atoms with Gasteiger partial charge in [-0.2, -0.15) is 13.2 Å². The highest BCUT2D eigenvalue weighted by molar-refractivity contribution is 5.98. The fourth-order valence-corrected chi connectivity index (χ4v) is 7.41. The monoisotopic (exact) mass is 1210 g/mol.